The molecule has 0 aliphatic heterocycles. The smallest absolute Gasteiger partial charge is 0.222 e. The number of carbonyl (C=O) groups excluding carboxylic acids is 1. The molecule has 0 bridgehead atoms. The number of nitrogens with one attached hydrogen (secondary N) is 1. The predicted octanol–water partition coefficient (Wildman–Crippen LogP) is 2.07. The molecular weight excluding hydrogens is 264 g/mol. The van der Waals surface area contributed by atoms with Crippen molar-refractivity contribution in [3.63, 3.8) is 0 Å². The van der Waals surface area contributed by atoms with Crippen molar-refractivity contribution in [3.05, 3.63) is 29.8 Å². The van der Waals surface area contributed by atoms with Crippen molar-refractivity contribution >= 4 is 18.3 Å². The van der Waals surface area contributed by atoms with E-state index in [1.165, 1.54) is 0 Å². The Hall–Kier alpha value is -1.26. The lowest BCUT2D eigenvalue weighted by Crippen LogP contribution is -2.26. The van der Waals surface area contributed by atoms with Crippen molar-refractivity contribution in [2.75, 3.05) is 27.7 Å². The van der Waals surface area contributed by atoms with E-state index in [-0.39, 0.29) is 18.3 Å². The van der Waals surface area contributed by atoms with E-state index in [4.69, 9.17) is 4.74 Å². The first-order chi connectivity index (χ1) is 8.67. The van der Waals surface area contributed by atoms with E-state index in [0.717, 1.165) is 24.3 Å². The molecule has 1 amide bonds. The number of benzene rings is 1. The highest BCUT2D eigenvalue weighted by Gasteiger charge is 2.08. The third-order valence-corrected chi connectivity index (χ3v) is 2.82. The first kappa shape index (κ1) is 17.7. The number of ether oxygens (including phenoxy) is 1. The summed E-state index contributed by atoms with van der Waals surface area (Å²) in [6.07, 6.45) is 1.47. The Morgan fingerprint density at radius 3 is 2.47 bits per heavy atom. The van der Waals surface area contributed by atoms with Crippen LogP contribution >= 0.6 is 12.4 Å². The van der Waals surface area contributed by atoms with Crippen LogP contribution < -0.4 is 10.1 Å². The minimum atomic E-state index is 0. The van der Waals surface area contributed by atoms with Crippen LogP contribution in [0.15, 0.2) is 24.3 Å². The minimum Gasteiger partial charge on any atom is -0.497 e. The molecule has 1 N–H and O–H groups in total. The van der Waals surface area contributed by atoms with Crippen molar-refractivity contribution in [1.29, 1.82) is 0 Å². The normalized spacial score (nSPS) is 9.63. The highest BCUT2D eigenvalue weighted by Crippen LogP contribution is 2.12. The number of rotatable bonds is 7. The minimum absolute atomic E-state index is 0. The molecule has 5 heteroatoms. The zero-order valence-corrected chi connectivity index (χ0v) is 12.6. The van der Waals surface area contributed by atoms with Gasteiger partial charge in [-0.25, -0.2) is 0 Å². The lowest BCUT2D eigenvalue weighted by Gasteiger charge is -2.17. The summed E-state index contributed by atoms with van der Waals surface area (Å²) in [5, 5.41) is 3.04. The summed E-state index contributed by atoms with van der Waals surface area (Å²) in [6.45, 7) is 1.52. The summed E-state index contributed by atoms with van der Waals surface area (Å²) >= 11 is 0. The zero-order valence-electron chi connectivity index (χ0n) is 11.8. The molecule has 0 spiro atoms. The molecule has 108 valence electrons. The van der Waals surface area contributed by atoms with Gasteiger partial charge in [0.25, 0.3) is 0 Å². The Balaban J connectivity index is 0.00000324. The second kappa shape index (κ2) is 9.64. The number of hydrogen-bond acceptors (Lipinski definition) is 3. The maximum atomic E-state index is 11.8. The quantitative estimate of drug-likeness (QED) is 0.780. The van der Waals surface area contributed by atoms with E-state index in [1.807, 2.05) is 38.4 Å². The number of hydrogen-bond donors (Lipinski definition) is 1. The van der Waals surface area contributed by atoms with Gasteiger partial charge in [0.15, 0.2) is 0 Å². The van der Waals surface area contributed by atoms with Crippen molar-refractivity contribution < 1.29 is 9.53 Å². The molecule has 0 saturated heterocycles. The van der Waals surface area contributed by atoms with Crippen LogP contribution in [0.1, 0.15) is 18.4 Å². The number of carbonyl (C=O) groups is 1. The van der Waals surface area contributed by atoms with E-state index in [1.54, 1.807) is 12.0 Å². The lowest BCUT2D eigenvalue weighted by atomic mass is 10.2. The van der Waals surface area contributed by atoms with E-state index >= 15 is 0 Å². The predicted molar refractivity (Wildman–Crippen MR) is 79.9 cm³/mol. The summed E-state index contributed by atoms with van der Waals surface area (Å²) in [4.78, 5) is 13.6. The second-order valence-corrected chi connectivity index (χ2v) is 4.30. The van der Waals surface area contributed by atoms with Gasteiger partial charge in [-0.15, -0.1) is 12.4 Å². The third kappa shape index (κ3) is 6.45. The van der Waals surface area contributed by atoms with Gasteiger partial charge < -0.3 is 15.0 Å². The summed E-state index contributed by atoms with van der Waals surface area (Å²) in [5.41, 5.74) is 1.11. The molecular formula is C14H23ClN2O2. The van der Waals surface area contributed by atoms with Gasteiger partial charge in [-0.1, -0.05) is 12.1 Å². The first-order valence-corrected chi connectivity index (χ1v) is 6.19. The van der Waals surface area contributed by atoms with Crippen LogP contribution in [0.3, 0.4) is 0 Å². The van der Waals surface area contributed by atoms with Crippen LogP contribution in [0.5, 0.6) is 5.75 Å². The molecule has 4 nitrogen and oxygen atoms in total. The van der Waals surface area contributed by atoms with Gasteiger partial charge >= 0.3 is 0 Å². The monoisotopic (exact) mass is 286 g/mol. The number of nitrogens with zero attached hydrogens (tertiary/aromatic N) is 1. The molecule has 0 fully saturated rings. The van der Waals surface area contributed by atoms with Gasteiger partial charge in [-0.05, 0) is 37.7 Å². The Bertz CT molecular complexity index is 368. The number of amides is 1. The Morgan fingerprint density at radius 2 is 1.95 bits per heavy atom. The van der Waals surface area contributed by atoms with Gasteiger partial charge in [0.2, 0.25) is 5.91 Å². The van der Waals surface area contributed by atoms with Gasteiger partial charge in [-0.2, -0.15) is 0 Å². The molecule has 0 heterocycles. The summed E-state index contributed by atoms with van der Waals surface area (Å²) in [5.74, 6) is 1.02. The Labute approximate surface area is 121 Å². The molecule has 0 aliphatic carbocycles. The largest absolute Gasteiger partial charge is 0.497 e. The average Bonchev–Trinajstić information content (AvgIpc) is 2.39. The van der Waals surface area contributed by atoms with Crippen LogP contribution in [0.2, 0.25) is 0 Å². The van der Waals surface area contributed by atoms with E-state index in [9.17, 15) is 4.79 Å². The van der Waals surface area contributed by atoms with Crippen LogP contribution in [-0.2, 0) is 11.3 Å². The maximum Gasteiger partial charge on any atom is 0.222 e. The van der Waals surface area contributed by atoms with Crippen molar-refractivity contribution in [2.45, 2.75) is 19.4 Å². The van der Waals surface area contributed by atoms with Crippen molar-refractivity contribution in [1.82, 2.24) is 10.2 Å². The molecule has 0 radical (unpaired) electrons. The van der Waals surface area contributed by atoms with Crippen LogP contribution in [0, 0.1) is 0 Å². The van der Waals surface area contributed by atoms with E-state index < -0.39 is 0 Å². The molecule has 1 aromatic rings. The lowest BCUT2D eigenvalue weighted by molar-refractivity contribution is -0.130. The third-order valence-electron chi connectivity index (χ3n) is 2.82. The molecule has 1 aromatic carbocycles. The maximum absolute atomic E-state index is 11.8. The summed E-state index contributed by atoms with van der Waals surface area (Å²) in [6, 6.07) is 7.79. The standard InChI is InChI=1S/C14H22N2O2.ClH/c1-15-10-4-5-14(17)16(2)11-12-6-8-13(18-3)9-7-12;/h6-9,15H,4-5,10-11H2,1-3H3;1H. The Morgan fingerprint density at radius 1 is 1.32 bits per heavy atom. The molecule has 0 unspecified atom stereocenters. The fourth-order valence-corrected chi connectivity index (χ4v) is 1.70. The molecule has 0 atom stereocenters. The molecule has 0 aliphatic rings. The average molecular weight is 287 g/mol. The molecule has 1 rings (SSSR count). The number of halogens is 1. The number of methoxy groups -OCH3 is 1. The zero-order chi connectivity index (χ0) is 13.4. The van der Waals surface area contributed by atoms with Crippen LogP contribution in [0.25, 0.3) is 0 Å². The molecule has 19 heavy (non-hydrogen) atoms. The summed E-state index contributed by atoms with van der Waals surface area (Å²) in [7, 11) is 5.38. The second-order valence-electron chi connectivity index (χ2n) is 4.30. The van der Waals surface area contributed by atoms with Gasteiger partial charge in [0.1, 0.15) is 5.75 Å². The molecule has 0 aromatic heterocycles. The fourth-order valence-electron chi connectivity index (χ4n) is 1.70. The van der Waals surface area contributed by atoms with Crippen molar-refractivity contribution in [2.24, 2.45) is 0 Å². The first-order valence-electron chi connectivity index (χ1n) is 6.19. The Kier molecular flexibility index (Phi) is 9.00. The fraction of sp³-hybridized carbons (Fsp3) is 0.500. The highest BCUT2D eigenvalue weighted by molar-refractivity contribution is 5.85. The van der Waals surface area contributed by atoms with E-state index in [0.29, 0.717) is 13.0 Å². The van der Waals surface area contributed by atoms with Gasteiger partial charge in [-0.3, -0.25) is 4.79 Å². The van der Waals surface area contributed by atoms with Crippen molar-refractivity contribution in [3.8, 4) is 5.75 Å². The highest BCUT2D eigenvalue weighted by atomic mass is 35.5. The molecule has 0 saturated carbocycles. The summed E-state index contributed by atoms with van der Waals surface area (Å²) < 4.78 is 5.10. The topological polar surface area (TPSA) is 41.6 Å². The van der Waals surface area contributed by atoms with Gasteiger partial charge in [0.05, 0.1) is 7.11 Å². The van der Waals surface area contributed by atoms with Crippen LogP contribution in [-0.4, -0.2) is 38.6 Å². The van der Waals surface area contributed by atoms with Gasteiger partial charge in [0, 0.05) is 20.0 Å². The van der Waals surface area contributed by atoms with E-state index in [2.05, 4.69) is 5.32 Å². The SMILES string of the molecule is CNCCCC(=O)N(C)Cc1ccc(OC)cc1.Cl. The van der Waals surface area contributed by atoms with Crippen LogP contribution in [0.4, 0.5) is 0 Å².